The van der Waals surface area contributed by atoms with Crippen molar-refractivity contribution < 1.29 is 4.92 Å². The molecule has 6 nitrogen and oxygen atoms in total. The van der Waals surface area contributed by atoms with Crippen LogP contribution >= 0.6 is 27.7 Å². The first-order valence-corrected chi connectivity index (χ1v) is 5.91. The van der Waals surface area contributed by atoms with Crippen LogP contribution in [0, 0.1) is 10.1 Å². The van der Waals surface area contributed by atoms with Gasteiger partial charge in [-0.05, 0) is 6.07 Å². The van der Waals surface area contributed by atoms with E-state index >= 15 is 0 Å². The molecule has 86 valence electrons. The van der Waals surface area contributed by atoms with Crippen LogP contribution < -0.4 is 11.6 Å². The van der Waals surface area contributed by atoms with E-state index < -0.39 is 4.92 Å². The van der Waals surface area contributed by atoms with E-state index in [1.54, 1.807) is 12.1 Å². The predicted octanol–water partition coefficient (Wildman–Crippen LogP) is 1.78. The van der Waals surface area contributed by atoms with Gasteiger partial charge in [0.05, 0.1) is 4.92 Å². The van der Waals surface area contributed by atoms with E-state index in [2.05, 4.69) is 21.0 Å². The number of halogens is 1. The predicted molar refractivity (Wildman–Crippen MR) is 67.9 cm³/mol. The highest BCUT2D eigenvalue weighted by Gasteiger charge is 2.14. The second-order valence-corrected chi connectivity index (χ2v) is 4.70. The highest BCUT2D eigenvalue weighted by atomic mass is 79.9. The normalized spacial score (nSPS) is 11.4. The number of nitro benzene ring substituents is 1. The number of hydrogen-bond donors (Lipinski definition) is 2. The molecular formula is C8H9BrN4O2S. The molecule has 4 N–H and O–H groups in total. The fourth-order valence-corrected chi connectivity index (χ4v) is 1.99. The maximum absolute atomic E-state index is 10.8. The molecule has 0 aliphatic rings. The second-order valence-electron chi connectivity index (χ2n) is 2.79. The quantitative estimate of drug-likeness (QED) is 0.291. The van der Waals surface area contributed by atoms with Crippen molar-refractivity contribution in [2.24, 2.45) is 16.7 Å². The van der Waals surface area contributed by atoms with Crippen molar-refractivity contribution in [2.75, 3.05) is 0 Å². The smallest absolute Gasteiger partial charge is 0.274 e. The van der Waals surface area contributed by atoms with E-state index in [4.69, 9.17) is 11.6 Å². The van der Waals surface area contributed by atoms with Gasteiger partial charge in [-0.15, -0.1) is 0 Å². The molecule has 0 radical (unpaired) electrons. The number of nitrogens with two attached hydrogens (primary N) is 2. The summed E-state index contributed by atoms with van der Waals surface area (Å²) in [7, 11) is 0. The van der Waals surface area contributed by atoms with Crippen LogP contribution in [0.2, 0.25) is 0 Å². The lowest BCUT2D eigenvalue weighted by Gasteiger charge is -2.02. The summed E-state index contributed by atoms with van der Waals surface area (Å²) in [5.74, 6) is 5.32. The standard InChI is InChI=1S/C8H9BrN4O2S/c9-6-2-1-5(4-16-8(10)12-11)7(3-6)13(14)15/h1-3H,4,11H2,(H2,10,12). The van der Waals surface area contributed by atoms with Crippen molar-refractivity contribution in [3.05, 3.63) is 38.3 Å². The summed E-state index contributed by atoms with van der Waals surface area (Å²) in [6.45, 7) is 0. The molecule has 0 fully saturated rings. The van der Waals surface area contributed by atoms with Gasteiger partial charge < -0.3 is 11.6 Å². The van der Waals surface area contributed by atoms with Crippen LogP contribution in [0.1, 0.15) is 5.56 Å². The van der Waals surface area contributed by atoms with Crippen molar-refractivity contribution in [1.82, 2.24) is 0 Å². The highest BCUT2D eigenvalue weighted by Crippen LogP contribution is 2.26. The zero-order valence-electron chi connectivity index (χ0n) is 8.09. The third kappa shape index (κ3) is 3.38. The Hall–Kier alpha value is -1.28. The van der Waals surface area contributed by atoms with Crippen molar-refractivity contribution in [3.8, 4) is 0 Å². The maximum atomic E-state index is 10.8. The largest absolute Gasteiger partial charge is 0.377 e. The summed E-state index contributed by atoms with van der Waals surface area (Å²) >= 11 is 4.33. The van der Waals surface area contributed by atoms with Crippen LogP contribution in [-0.4, -0.2) is 10.1 Å². The van der Waals surface area contributed by atoms with Crippen LogP contribution in [0.15, 0.2) is 27.8 Å². The summed E-state index contributed by atoms with van der Waals surface area (Å²) < 4.78 is 0.661. The number of nitrogens with zero attached hydrogens (tertiary/aromatic N) is 2. The number of rotatable bonds is 3. The minimum atomic E-state index is -0.434. The minimum Gasteiger partial charge on any atom is -0.377 e. The minimum absolute atomic E-state index is 0.0479. The Labute approximate surface area is 104 Å². The first-order chi connectivity index (χ1) is 7.54. The lowest BCUT2D eigenvalue weighted by Crippen LogP contribution is -2.09. The lowest BCUT2D eigenvalue weighted by atomic mass is 10.2. The summed E-state index contributed by atoms with van der Waals surface area (Å²) in [4.78, 5) is 10.3. The van der Waals surface area contributed by atoms with E-state index in [1.807, 2.05) is 0 Å². The Kier molecular flexibility index (Phi) is 4.56. The maximum Gasteiger partial charge on any atom is 0.274 e. The molecular weight excluding hydrogens is 296 g/mol. The second kappa shape index (κ2) is 5.71. The fourth-order valence-electron chi connectivity index (χ4n) is 1.02. The van der Waals surface area contributed by atoms with Gasteiger partial charge in [-0.1, -0.05) is 33.8 Å². The summed E-state index contributed by atoms with van der Waals surface area (Å²) in [6.07, 6.45) is 0. The van der Waals surface area contributed by atoms with E-state index in [-0.39, 0.29) is 10.9 Å². The summed E-state index contributed by atoms with van der Waals surface area (Å²) in [5.41, 5.74) is 6.01. The van der Waals surface area contributed by atoms with E-state index in [1.165, 1.54) is 6.07 Å². The van der Waals surface area contributed by atoms with Gasteiger partial charge in [0.2, 0.25) is 0 Å². The van der Waals surface area contributed by atoms with E-state index in [0.29, 0.717) is 15.8 Å². The van der Waals surface area contributed by atoms with Gasteiger partial charge >= 0.3 is 0 Å². The molecule has 0 aliphatic heterocycles. The number of hydrogen-bond acceptors (Lipinski definition) is 5. The lowest BCUT2D eigenvalue weighted by molar-refractivity contribution is -0.385. The van der Waals surface area contributed by atoms with Crippen LogP contribution in [0.5, 0.6) is 0 Å². The van der Waals surface area contributed by atoms with Crippen LogP contribution in [0.4, 0.5) is 5.69 Å². The molecule has 0 atom stereocenters. The summed E-state index contributed by atoms with van der Waals surface area (Å²) in [5, 5.41) is 14.2. The van der Waals surface area contributed by atoms with Gasteiger partial charge in [0.15, 0.2) is 5.17 Å². The molecule has 0 heterocycles. The fraction of sp³-hybridized carbons (Fsp3) is 0.125. The van der Waals surface area contributed by atoms with Gasteiger partial charge in [-0.2, -0.15) is 5.10 Å². The third-order valence-corrected chi connectivity index (χ3v) is 3.10. The third-order valence-electron chi connectivity index (χ3n) is 1.75. The molecule has 0 amide bonds. The molecule has 1 aromatic rings. The molecule has 1 rings (SSSR count). The molecule has 0 unspecified atom stereocenters. The molecule has 0 bridgehead atoms. The van der Waals surface area contributed by atoms with E-state index in [9.17, 15) is 10.1 Å². The molecule has 0 saturated heterocycles. The van der Waals surface area contributed by atoms with Gasteiger partial charge in [-0.3, -0.25) is 10.1 Å². The highest BCUT2D eigenvalue weighted by molar-refractivity contribution is 9.10. The number of hydrazone groups is 1. The van der Waals surface area contributed by atoms with Gasteiger partial charge in [0, 0.05) is 21.9 Å². The molecule has 0 aliphatic carbocycles. The van der Waals surface area contributed by atoms with E-state index in [0.717, 1.165) is 11.8 Å². The van der Waals surface area contributed by atoms with Gasteiger partial charge in [-0.25, -0.2) is 0 Å². The monoisotopic (exact) mass is 304 g/mol. The van der Waals surface area contributed by atoms with Crippen LogP contribution in [0.25, 0.3) is 0 Å². The number of thioether (sulfide) groups is 1. The van der Waals surface area contributed by atoms with Crippen LogP contribution in [-0.2, 0) is 5.75 Å². The Balaban J connectivity index is 2.91. The zero-order chi connectivity index (χ0) is 12.1. The Morgan fingerprint density at radius 2 is 2.31 bits per heavy atom. The Morgan fingerprint density at radius 1 is 1.62 bits per heavy atom. The van der Waals surface area contributed by atoms with Crippen LogP contribution in [0.3, 0.4) is 0 Å². The summed E-state index contributed by atoms with van der Waals surface area (Å²) in [6, 6.07) is 4.85. The first-order valence-electron chi connectivity index (χ1n) is 4.13. The topological polar surface area (TPSA) is 108 Å². The SMILES string of the molecule is N/N=C(/N)SCc1ccc(Br)cc1[N+](=O)[O-]. The molecule has 0 aromatic heterocycles. The number of nitro groups is 1. The van der Waals surface area contributed by atoms with Crippen molar-refractivity contribution >= 4 is 38.5 Å². The Morgan fingerprint density at radius 3 is 2.88 bits per heavy atom. The molecule has 8 heteroatoms. The Bertz CT molecular complexity index is 438. The average Bonchev–Trinajstić information content (AvgIpc) is 2.26. The molecule has 1 aromatic carbocycles. The van der Waals surface area contributed by atoms with Crippen molar-refractivity contribution in [1.29, 1.82) is 0 Å². The van der Waals surface area contributed by atoms with Crippen molar-refractivity contribution in [2.45, 2.75) is 5.75 Å². The number of amidine groups is 1. The molecule has 16 heavy (non-hydrogen) atoms. The first kappa shape index (κ1) is 12.8. The zero-order valence-corrected chi connectivity index (χ0v) is 10.5. The average molecular weight is 305 g/mol. The van der Waals surface area contributed by atoms with Crippen molar-refractivity contribution in [3.63, 3.8) is 0 Å². The number of benzene rings is 1. The van der Waals surface area contributed by atoms with Gasteiger partial charge in [0.1, 0.15) is 0 Å². The molecule has 0 saturated carbocycles. The molecule has 0 spiro atoms. The van der Waals surface area contributed by atoms with Gasteiger partial charge in [0.25, 0.3) is 5.69 Å².